The third-order valence-electron chi connectivity index (χ3n) is 3.76. The molecule has 0 radical (unpaired) electrons. The Bertz CT molecular complexity index is 920. The number of anilines is 1. The van der Waals surface area contributed by atoms with Crippen LogP contribution < -0.4 is 20.8 Å². The molecule has 2 aromatic rings. The van der Waals surface area contributed by atoms with Gasteiger partial charge in [-0.05, 0) is 43.2 Å². The van der Waals surface area contributed by atoms with Gasteiger partial charge in [-0.3, -0.25) is 4.55 Å². The van der Waals surface area contributed by atoms with Gasteiger partial charge >= 0.3 is 0 Å². The van der Waals surface area contributed by atoms with Crippen molar-refractivity contribution < 1.29 is 28.0 Å². The summed E-state index contributed by atoms with van der Waals surface area (Å²) >= 11 is 0. The van der Waals surface area contributed by atoms with Gasteiger partial charge in [0, 0.05) is 18.8 Å². The fraction of sp³-hybridized carbons (Fsp3) is 0.353. The van der Waals surface area contributed by atoms with Gasteiger partial charge in [0.05, 0.1) is 17.6 Å². The maximum atomic E-state index is 12.4. The quantitative estimate of drug-likeness (QED) is 0.238. The van der Waals surface area contributed by atoms with Crippen molar-refractivity contribution in [3.05, 3.63) is 36.5 Å². The molecule has 0 amide bonds. The van der Waals surface area contributed by atoms with Gasteiger partial charge in [-0.1, -0.05) is 17.7 Å². The van der Waals surface area contributed by atoms with Crippen molar-refractivity contribution in [2.24, 2.45) is 16.1 Å². The van der Waals surface area contributed by atoms with Gasteiger partial charge in [0.2, 0.25) is 0 Å². The molecule has 0 fully saturated rings. The van der Waals surface area contributed by atoms with E-state index in [1.165, 1.54) is 30.5 Å². The molecule has 1 aromatic heterocycles. The fourth-order valence-corrected chi connectivity index (χ4v) is 3.00. The summed E-state index contributed by atoms with van der Waals surface area (Å²) in [5.74, 6) is 4.65. The van der Waals surface area contributed by atoms with E-state index in [1.807, 2.05) is 11.8 Å². The first kappa shape index (κ1) is 22.5. The van der Waals surface area contributed by atoms with E-state index in [4.69, 9.17) is 10.4 Å². The molecule has 158 valence electrons. The number of aromatic nitrogens is 1. The lowest BCUT2D eigenvalue weighted by Gasteiger charge is -2.26. The summed E-state index contributed by atoms with van der Waals surface area (Å²) in [5, 5.41) is 20.2. The number of nitrogens with zero attached hydrogens (tertiary/aromatic N) is 4. The van der Waals surface area contributed by atoms with Crippen molar-refractivity contribution in [3.63, 3.8) is 0 Å². The van der Waals surface area contributed by atoms with Crippen molar-refractivity contribution in [2.45, 2.75) is 19.8 Å². The van der Waals surface area contributed by atoms with Gasteiger partial charge in [0.1, 0.15) is 0 Å². The molecule has 0 aliphatic carbocycles. The van der Waals surface area contributed by atoms with Crippen LogP contribution in [0.25, 0.3) is 0 Å². The van der Waals surface area contributed by atoms with Gasteiger partial charge in [0.15, 0.2) is 11.6 Å². The Morgan fingerprint density at radius 3 is 2.62 bits per heavy atom. The number of rotatable bonds is 11. The lowest BCUT2D eigenvalue weighted by atomic mass is 10.2. The van der Waals surface area contributed by atoms with E-state index in [-0.39, 0.29) is 35.2 Å². The number of pyridine rings is 1. The molecule has 0 bridgehead atoms. The number of hydrogen-bond acceptors (Lipinski definition) is 10. The van der Waals surface area contributed by atoms with Crippen LogP contribution in [0.3, 0.4) is 0 Å². The Hall–Kier alpha value is -2.80. The highest BCUT2D eigenvalue weighted by Gasteiger charge is 2.10. The van der Waals surface area contributed by atoms with E-state index in [0.29, 0.717) is 18.8 Å². The second-order valence-electron chi connectivity index (χ2n) is 6.01. The molecule has 0 aliphatic rings. The van der Waals surface area contributed by atoms with Crippen LogP contribution in [0.2, 0.25) is 0 Å². The van der Waals surface area contributed by atoms with Crippen LogP contribution in [0.15, 0.2) is 46.8 Å². The number of azo groups is 1. The molecule has 0 spiro atoms. The molecule has 0 aliphatic heterocycles. The van der Waals surface area contributed by atoms with Gasteiger partial charge in [-0.15, -0.1) is 10.2 Å². The molecule has 0 atom stereocenters. The molecule has 2 rings (SSSR count). The van der Waals surface area contributed by atoms with Crippen LogP contribution in [-0.4, -0.2) is 36.8 Å². The molecule has 0 saturated carbocycles. The Balaban J connectivity index is 2.08. The van der Waals surface area contributed by atoms with E-state index < -0.39 is 10.1 Å². The van der Waals surface area contributed by atoms with Gasteiger partial charge in [0.25, 0.3) is 10.1 Å². The van der Waals surface area contributed by atoms with Crippen molar-refractivity contribution in [2.75, 3.05) is 23.7 Å². The van der Waals surface area contributed by atoms with E-state index in [0.717, 1.165) is 6.42 Å². The summed E-state index contributed by atoms with van der Waals surface area (Å²) in [7, 11) is -4.01. The third-order valence-corrected chi connectivity index (χ3v) is 4.56. The first-order valence-electron chi connectivity index (χ1n) is 8.74. The molecular weight excluding hydrogens is 402 g/mol. The predicted molar refractivity (Wildman–Crippen MR) is 104 cm³/mol. The topological polar surface area (TPSA) is 163 Å². The highest BCUT2D eigenvalue weighted by molar-refractivity contribution is 7.85. The first-order chi connectivity index (χ1) is 13.8. The van der Waals surface area contributed by atoms with Gasteiger partial charge in [-0.25, -0.2) is 4.98 Å². The second kappa shape index (κ2) is 10.7. The van der Waals surface area contributed by atoms with E-state index in [1.54, 1.807) is 6.07 Å². The van der Waals surface area contributed by atoms with Crippen molar-refractivity contribution in [3.8, 4) is 11.5 Å². The average molecular weight is 424 g/mol. The van der Waals surface area contributed by atoms with Crippen molar-refractivity contribution >= 4 is 27.3 Å². The van der Waals surface area contributed by atoms with E-state index in [9.17, 15) is 13.5 Å². The maximum absolute atomic E-state index is 12.4. The van der Waals surface area contributed by atoms with Crippen LogP contribution in [-0.2, 0) is 15.1 Å². The smallest absolute Gasteiger partial charge is 0.264 e. The molecule has 12 heteroatoms. The summed E-state index contributed by atoms with van der Waals surface area (Å²) < 4.78 is 30.6. The average Bonchev–Trinajstić information content (AvgIpc) is 2.67. The summed E-state index contributed by atoms with van der Waals surface area (Å²) in [4.78, 5) is 14.5. The Kier molecular flexibility index (Phi) is 8.27. The minimum absolute atomic E-state index is 0.135. The number of hydrogen-bond donors (Lipinski definition) is 2. The Labute approximate surface area is 168 Å². The Morgan fingerprint density at radius 1 is 1.24 bits per heavy atom. The minimum Gasteiger partial charge on any atom is -0.871 e. The standard InChI is InChI=1S/C17H23N5O6S/c1-2-8-22(9-3-10-29(24,25)26)13-4-6-15(16(23)11-13)20-21-17-7-5-14(12-19-17)27-28-18/h4-7,11-12,23H,2-3,8-10,18H2,1H3,(H,24,25,26)/p-1. The lowest BCUT2D eigenvalue weighted by Crippen LogP contribution is -2.26. The first-order valence-corrected chi connectivity index (χ1v) is 10.4. The zero-order chi connectivity index (χ0) is 21.3. The summed E-state index contributed by atoms with van der Waals surface area (Å²) in [6.07, 6.45) is 2.38. The van der Waals surface area contributed by atoms with Crippen molar-refractivity contribution in [1.29, 1.82) is 0 Å². The normalized spacial score (nSPS) is 11.7. The molecule has 0 saturated heterocycles. The molecule has 29 heavy (non-hydrogen) atoms. The monoisotopic (exact) mass is 424 g/mol. The molecular formula is C17H22N5O6S-. The number of nitrogens with two attached hydrogens (primary N) is 1. The predicted octanol–water partition coefficient (Wildman–Crippen LogP) is 2.25. The molecule has 1 heterocycles. The third kappa shape index (κ3) is 7.62. The zero-order valence-electron chi connectivity index (χ0n) is 15.8. The van der Waals surface area contributed by atoms with E-state index in [2.05, 4.69) is 25.1 Å². The summed E-state index contributed by atoms with van der Waals surface area (Å²) in [6, 6.07) is 7.69. The maximum Gasteiger partial charge on any atom is 0.264 e. The van der Waals surface area contributed by atoms with Gasteiger partial charge in [-0.2, -0.15) is 14.3 Å². The van der Waals surface area contributed by atoms with Gasteiger partial charge < -0.3 is 14.9 Å². The van der Waals surface area contributed by atoms with Crippen LogP contribution in [0, 0.1) is 0 Å². The zero-order valence-corrected chi connectivity index (χ0v) is 16.6. The Morgan fingerprint density at radius 2 is 2.03 bits per heavy atom. The van der Waals surface area contributed by atoms with E-state index >= 15 is 0 Å². The summed E-state index contributed by atoms with van der Waals surface area (Å²) in [5.41, 5.74) is 0.781. The van der Waals surface area contributed by atoms with Crippen LogP contribution in [0.5, 0.6) is 11.5 Å². The number of benzene rings is 1. The fourth-order valence-electron chi connectivity index (χ4n) is 2.50. The molecule has 3 N–H and O–H groups in total. The minimum atomic E-state index is -4.01. The van der Waals surface area contributed by atoms with Crippen LogP contribution in [0.1, 0.15) is 19.8 Å². The molecule has 1 aromatic carbocycles. The van der Waals surface area contributed by atoms with Crippen LogP contribution >= 0.6 is 0 Å². The lowest BCUT2D eigenvalue weighted by molar-refractivity contribution is -0.267. The highest BCUT2D eigenvalue weighted by Crippen LogP contribution is 2.30. The highest BCUT2D eigenvalue weighted by atomic mass is 32.2. The second-order valence-corrected chi connectivity index (χ2v) is 7.58. The van der Waals surface area contributed by atoms with Crippen molar-refractivity contribution in [1.82, 2.24) is 4.98 Å². The SMILES string of the molecule is CCCN(CCCS(=O)(=O)O)c1ccc(N=Nc2ccc(OON)cn2)c([O-])c1. The largest absolute Gasteiger partial charge is 0.871 e. The molecule has 0 unspecified atom stereocenters. The molecule has 11 nitrogen and oxygen atoms in total. The summed E-state index contributed by atoms with van der Waals surface area (Å²) in [6.45, 7) is 2.99. The van der Waals surface area contributed by atoms with Crippen LogP contribution in [0.4, 0.5) is 17.2 Å².